The highest BCUT2D eigenvalue weighted by Gasteiger charge is 2.19. The first-order chi connectivity index (χ1) is 9.27. The lowest BCUT2D eigenvalue weighted by atomic mass is 10.0. The van der Waals surface area contributed by atoms with E-state index >= 15 is 0 Å². The molecule has 0 amide bonds. The molecule has 0 saturated carbocycles. The number of benzene rings is 1. The lowest BCUT2D eigenvalue weighted by molar-refractivity contribution is 0.439. The number of rotatable bonds is 2. The molecule has 0 aliphatic carbocycles. The zero-order valence-corrected chi connectivity index (χ0v) is 10.5. The molecule has 0 atom stereocenters. The molecule has 2 aromatic heterocycles. The Labute approximate surface area is 114 Å². The highest BCUT2D eigenvalue weighted by molar-refractivity contribution is 6.33. The summed E-state index contributed by atoms with van der Waals surface area (Å²) in [5.41, 5.74) is 8.57. The van der Waals surface area contributed by atoms with Crippen molar-refractivity contribution in [3.8, 4) is 22.4 Å². The fraction of sp³-hybridized carbons (Fsp3) is 0. The summed E-state index contributed by atoms with van der Waals surface area (Å²) in [6.07, 6.45) is 4.73. The fourth-order valence-electron chi connectivity index (χ4n) is 1.85. The van der Waals surface area contributed by atoms with E-state index in [4.69, 9.17) is 21.9 Å². The summed E-state index contributed by atoms with van der Waals surface area (Å²) in [5, 5.41) is 4.54. The maximum absolute atomic E-state index is 6.19. The number of anilines is 1. The third-order valence-corrected chi connectivity index (χ3v) is 3.03. The molecule has 0 saturated heterocycles. The molecule has 0 bridgehead atoms. The summed E-state index contributed by atoms with van der Waals surface area (Å²) in [6, 6.07) is 7.37. The molecule has 0 radical (unpaired) electrons. The molecule has 2 N–H and O–H groups in total. The van der Waals surface area contributed by atoms with Gasteiger partial charge in [-0.2, -0.15) is 0 Å². The highest BCUT2D eigenvalue weighted by atomic mass is 35.5. The Morgan fingerprint density at radius 2 is 1.84 bits per heavy atom. The fourth-order valence-corrected chi connectivity index (χ4v) is 2.08. The van der Waals surface area contributed by atoms with Gasteiger partial charge in [-0.15, -0.1) is 0 Å². The summed E-state index contributed by atoms with van der Waals surface area (Å²) >= 11 is 6.19. The topological polar surface area (TPSA) is 77.8 Å². The number of hydrogen-bond donors (Lipinski definition) is 1. The van der Waals surface area contributed by atoms with Crippen molar-refractivity contribution in [1.29, 1.82) is 0 Å². The van der Waals surface area contributed by atoms with Gasteiger partial charge in [0.1, 0.15) is 12.0 Å². The Morgan fingerprint density at radius 3 is 2.58 bits per heavy atom. The number of nitrogens with zero attached hydrogens (tertiary/aromatic N) is 3. The Balaban J connectivity index is 2.23. The zero-order valence-electron chi connectivity index (χ0n) is 9.75. The van der Waals surface area contributed by atoms with Crippen LogP contribution in [0.1, 0.15) is 0 Å². The SMILES string of the molecule is Nc1onc(-c2cncnc2)c1-c1ccccc1Cl. The number of hydrogen-bond acceptors (Lipinski definition) is 5. The van der Waals surface area contributed by atoms with E-state index in [1.807, 2.05) is 18.2 Å². The van der Waals surface area contributed by atoms with Crippen molar-refractivity contribution in [2.24, 2.45) is 0 Å². The number of nitrogens with two attached hydrogens (primary N) is 1. The minimum atomic E-state index is 0.215. The molecule has 2 heterocycles. The molecular formula is C13H9ClN4O. The summed E-state index contributed by atoms with van der Waals surface area (Å²) in [7, 11) is 0. The number of nitrogen functional groups attached to an aromatic ring is 1. The van der Waals surface area contributed by atoms with Gasteiger partial charge in [-0.1, -0.05) is 35.0 Å². The zero-order chi connectivity index (χ0) is 13.2. The predicted octanol–water partition coefficient (Wildman–Crippen LogP) is 3.03. The van der Waals surface area contributed by atoms with Gasteiger partial charge in [0.2, 0.25) is 5.88 Å². The molecule has 0 fully saturated rings. The standard InChI is InChI=1S/C13H9ClN4O/c14-10-4-2-1-3-9(10)11-12(18-19-13(11)15)8-5-16-7-17-6-8/h1-7H,15H2. The van der Waals surface area contributed by atoms with Crippen LogP contribution in [-0.2, 0) is 0 Å². The van der Waals surface area contributed by atoms with Gasteiger partial charge in [-0.05, 0) is 6.07 Å². The van der Waals surface area contributed by atoms with Crippen LogP contribution in [0.3, 0.4) is 0 Å². The van der Waals surface area contributed by atoms with Gasteiger partial charge in [0.25, 0.3) is 0 Å². The summed E-state index contributed by atoms with van der Waals surface area (Å²) in [5.74, 6) is 0.215. The second-order valence-corrected chi connectivity index (χ2v) is 4.28. The van der Waals surface area contributed by atoms with Gasteiger partial charge in [0, 0.05) is 28.5 Å². The van der Waals surface area contributed by atoms with Crippen LogP contribution >= 0.6 is 11.6 Å². The van der Waals surface area contributed by atoms with E-state index in [1.165, 1.54) is 6.33 Å². The minimum absolute atomic E-state index is 0.215. The molecule has 0 aliphatic heterocycles. The Kier molecular flexibility index (Phi) is 2.89. The molecule has 3 rings (SSSR count). The third kappa shape index (κ3) is 2.04. The van der Waals surface area contributed by atoms with Crippen molar-refractivity contribution in [1.82, 2.24) is 15.1 Å². The van der Waals surface area contributed by atoms with E-state index in [0.717, 1.165) is 11.1 Å². The molecule has 1 aromatic carbocycles. The molecule has 6 heteroatoms. The molecule has 0 spiro atoms. The van der Waals surface area contributed by atoms with Crippen LogP contribution in [0.2, 0.25) is 5.02 Å². The normalized spacial score (nSPS) is 10.6. The lowest BCUT2D eigenvalue weighted by Gasteiger charge is -2.04. The summed E-state index contributed by atoms with van der Waals surface area (Å²) < 4.78 is 5.07. The molecule has 94 valence electrons. The van der Waals surface area contributed by atoms with Crippen molar-refractivity contribution in [3.05, 3.63) is 48.0 Å². The van der Waals surface area contributed by atoms with Crippen LogP contribution in [-0.4, -0.2) is 15.1 Å². The molecular weight excluding hydrogens is 264 g/mol. The van der Waals surface area contributed by atoms with Crippen LogP contribution in [0.15, 0.2) is 47.5 Å². The average molecular weight is 273 g/mol. The smallest absolute Gasteiger partial charge is 0.230 e. The van der Waals surface area contributed by atoms with Gasteiger partial charge in [0.15, 0.2) is 0 Å². The third-order valence-electron chi connectivity index (χ3n) is 2.70. The number of aromatic nitrogens is 3. The van der Waals surface area contributed by atoms with Crippen LogP contribution in [0, 0.1) is 0 Å². The molecule has 19 heavy (non-hydrogen) atoms. The molecule has 0 unspecified atom stereocenters. The predicted molar refractivity (Wildman–Crippen MR) is 72.4 cm³/mol. The van der Waals surface area contributed by atoms with Crippen LogP contribution in [0.25, 0.3) is 22.4 Å². The van der Waals surface area contributed by atoms with Gasteiger partial charge < -0.3 is 10.3 Å². The van der Waals surface area contributed by atoms with Gasteiger partial charge >= 0.3 is 0 Å². The van der Waals surface area contributed by atoms with Crippen molar-refractivity contribution in [2.45, 2.75) is 0 Å². The highest BCUT2D eigenvalue weighted by Crippen LogP contribution is 2.38. The van der Waals surface area contributed by atoms with Crippen molar-refractivity contribution in [2.75, 3.05) is 5.73 Å². The van der Waals surface area contributed by atoms with E-state index in [0.29, 0.717) is 16.3 Å². The molecule has 5 nitrogen and oxygen atoms in total. The van der Waals surface area contributed by atoms with Gasteiger partial charge in [-0.25, -0.2) is 9.97 Å². The van der Waals surface area contributed by atoms with Gasteiger partial charge in [-0.3, -0.25) is 0 Å². The van der Waals surface area contributed by atoms with Crippen molar-refractivity contribution < 1.29 is 4.52 Å². The molecule has 0 aliphatic rings. The Morgan fingerprint density at radius 1 is 1.11 bits per heavy atom. The lowest BCUT2D eigenvalue weighted by Crippen LogP contribution is -1.89. The largest absolute Gasteiger partial charge is 0.367 e. The van der Waals surface area contributed by atoms with E-state index in [-0.39, 0.29) is 5.88 Å². The maximum atomic E-state index is 6.19. The first-order valence-electron chi connectivity index (χ1n) is 5.53. The summed E-state index contributed by atoms with van der Waals surface area (Å²) in [4.78, 5) is 7.92. The maximum Gasteiger partial charge on any atom is 0.230 e. The number of halogens is 1. The van der Waals surface area contributed by atoms with Crippen LogP contribution in [0.5, 0.6) is 0 Å². The molecule has 3 aromatic rings. The quantitative estimate of drug-likeness (QED) is 0.776. The first kappa shape index (κ1) is 11.7. The van der Waals surface area contributed by atoms with E-state index < -0.39 is 0 Å². The van der Waals surface area contributed by atoms with E-state index in [1.54, 1.807) is 18.5 Å². The summed E-state index contributed by atoms with van der Waals surface area (Å²) in [6.45, 7) is 0. The van der Waals surface area contributed by atoms with Crippen LogP contribution in [0.4, 0.5) is 5.88 Å². The van der Waals surface area contributed by atoms with Crippen molar-refractivity contribution in [3.63, 3.8) is 0 Å². The monoisotopic (exact) mass is 272 g/mol. The van der Waals surface area contributed by atoms with Gasteiger partial charge in [0.05, 0.1) is 5.56 Å². The minimum Gasteiger partial charge on any atom is -0.367 e. The first-order valence-corrected chi connectivity index (χ1v) is 5.90. The Bertz CT molecular complexity index is 712. The van der Waals surface area contributed by atoms with Crippen LogP contribution < -0.4 is 5.73 Å². The van der Waals surface area contributed by atoms with E-state index in [2.05, 4.69) is 15.1 Å². The average Bonchev–Trinajstić information content (AvgIpc) is 2.82. The Hall–Kier alpha value is -2.40. The second-order valence-electron chi connectivity index (χ2n) is 3.88. The van der Waals surface area contributed by atoms with E-state index in [9.17, 15) is 0 Å². The second kappa shape index (κ2) is 4.70. The van der Waals surface area contributed by atoms with Crippen molar-refractivity contribution >= 4 is 17.5 Å².